The molecule has 2 aromatic rings. The molecule has 3 rings (SSSR count). The summed E-state index contributed by atoms with van der Waals surface area (Å²) < 4.78 is 5.67. The molecular weight excluding hydrogens is 282 g/mol. The molecule has 1 fully saturated rings. The van der Waals surface area contributed by atoms with Gasteiger partial charge in [-0.1, -0.05) is 18.2 Å². The number of para-hydroxylation sites is 1. The zero-order valence-electron chi connectivity index (χ0n) is 12.2. The predicted octanol–water partition coefficient (Wildman–Crippen LogP) is 1.84. The fraction of sp³-hybridized carbons (Fsp3) is 0.375. The number of nitrogens with two attached hydrogens (primary N) is 1. The third-order valence-electron chi connectivity index (χ3n) is 4.02. The van der Waals surface area contributed by atoms with Gasteiger partial charge in [0, 0.05) is 18.5 Å². The van der Waals surface area contributed by atoms with Crippen LogP contribution in [0.4, 0.5) is 4.79 Å². The number of piperidine rings is 1. The van der Waals surface area contributed by atoms with Gasteiger partial charge in [0.2, 0.25) is 5.91 Å². The quantitative estimate of drug-likeness (QED) is 0.906. The van der Waals surface area contributed by atoms with Crippen molar-refractivity contribution in [1.29, 1.82) is 0 Å². The Labute approximate surface area is 128 Å². The van der Waals surface area contributed by atoms with E-state index in [1.54, 1.807) is 0 Å². The molecule has 116 valence electrons. The molecule has 22 heavy (non-hydrogen) atoms. The molecule has 1 aliphatic rings. The van der Waals surface area contributed by atoms with E-state index in [4.69, 9.17) is 10.2 Å². The van der Waals surface area contributed by atoms with Crippen molar-refractivity contribution in [1.82, 2.24) is 10.2 Å². The maximum Gasteiger partial charge on any atom is 0.314 e. The molecule has 0 bridgehead atoms. The SMILES string of the molecule is NC(=O)N1CCC[C@@H](C(=O)NCc2cc3ccccc3o2)C1. The largest absolute Gasteiger partial charge is 0.459 e. The number of rotatable bonds is 3. The van der Waals surface area contributed by atoms with Crippen LogP contribution < -0.4 is 11.1 Å². The van der Waals surface area contributed by atoms with Crippen molar-refractivity contribution in [2.24, 2.45) is 11.7 Å². The average Bonchev–Trinajstić information content (AvgIpc) is 2.95. The molecule has 0 spiro atoms. The van der Waals surface area contributed by atoms with Crippen molar-refractivity contribution in [3.8, 4) is 0 Å². The van der Waals surface area contributed by atoms with Gasteiger partial charge in [-0.3, -0.25) is 4.79 Å². The zero-order valence-corrected chi connectivity index (χ0v) is 12.2. The first-order chi connectivity index (χ1) is 10.6. The number of hydrogen-bond acceptors (Lipinski definition) is 3. The highest BCUT2D eigenvalue weighted by Gasteiger charge is 2.27. The van der Waals surface area contributed by atoms with Crippen LogP contribution in [0.5, 0.6) is 0 Å². The van der Waals surface area contributed by atoms with Gasteiger partial charge < -0.3 is 20.4 Å². The van der Waals surface area contributed by atoms with Gasteiger partial charge in [0.25, 0.3) is 0 Å². The summed E-state index contributed by atoms with van der Waals surface area (Å²) in [6.45, 7) is 1.37. The van der Waals surface area contributed by atoms with Crippen molar-refractivity contribution in [3.63, 3.8) is 0 Å². The number of amides is 3. The molecule has 0 saturated carbocycles. The van der Waals surface area contributed by atoms with Gasteiger partial charge in [-0.15, -0.1) is 0 Å². The minimum atomic E-state index is -0.463. The lowest BCUT2D eigenvalue weighted by Crippen LogP contribution is -2.47. The second kappa shape index (κ2) is 6.09. The molecular formula is C16H19N3O3. The Hall–Kier alpha value is -2.50. The summed E-state index contributed by atoms with van der Waals surface area (Å²) in [4.78, 5) is 24.9. The smallest absolute Gasteiger partial charge is 0.314 e. The lowest BCUT2D eigenvalue weighted by Gasteiger charge is -2.30. The molecule has 0 radical (unpaired) electrons. The van der Waals surface area contributed by atoms with Crippen molar-refractivity contribution >= 4 is 22.9 Å². The first-order valence-corrected chi connectivity index (χ1v) is 7.43. The molecule has 1 saturated heterocycles. The summed E-state index contributed by atoms with van der Waals surface area (Å²) in [6, 6.07) is 9.18. The maximum atomic E-state index is 12.2. The molecule has 1 atom stereocenters. The summed E-state index contributed by atoms with van der Waals surface area (Å²) in [5, 5.41) is 3.90. The van der Waals surface area contributed by atoms with Crippen LogP contribution in [0.3, 0.4) is 0 Å². The van der Waals surface area contributed by atoms with Crippen LogP contribution >= 0.6 is 0 Å². The molecule has 1 aliphatic heterocycles. The molecule has 3 N–H and O–H groups in total. The number of hydrogen-bond donors (Lipinski definition) is 2. The van der Waals surface area contributed by atoms with E-state index < -0.39 is 6.03 Å². The van der Waals surface area contributed by atoms with Crippen LogP contribution in [0, 0.1) is 5.92 Å². The summed E-state index contributed by atoms with van der Waals surface area (Å²) in [5.74, 6) is 0.453. The number of primary amides is 1. The lowest BCUT2D eigenvalue weighted by atomic mass is 9.97. The molecule has 1 aromatic carbocycles. The number of furan rings is 1. The number of urea groups is 1. The average molecular weight is 301 g/mol. The monoisotopic (exact) mass is 301 g/mol. The van der Waals surface area contributed by atoms with Crippen molar-refractivity contribution in [2.75, 3.05) is 13.1 Å². The van der Waals surface area contributed by atoms with E-state index in [1.165, 1.54) is 4.90 Å². The lowest BCUT2D eigenvalue weighted by molar-refractivity contribution is -0.126. The van der Waals surface area contributed by atoms with E-state index in [0.717, 1.165) is 29.6 Å². The topological polar surface area (TPSA) is 88.6 Å². The third-order valence-corrected chi connectivity index (χ3v) is 4.02. The van der Waals surface area contributed by atoms with Crippen molar-refractivity contribution in [2.45, 2.75) is 19.4 Å². The Kier molecular flexibility index (Phi) is 4.00. The second-order valence-electron chi connectivity index (χ2n) is 5.59. The van der Waals surface area contributed by atoms with E-state index in [0.29, 0.717) is 19.6 Å². The number of nitrogens with one attached hydrogen (secondary N) is 1. The Morgan fingerprint density at radius 3 is 2.95 bits per heavy atom. The second-order valence-corrected chi connectivity index (χ2v) is 5.59. The van der Waals surface area contributed by atoms with Crippen LogP contribution in [0.15, 0.2) is 34.7 Å². The van der Waals surface area contributed by atoms with Gasteiger partial charge in [0.1, 0.15) is 11.3 Å². The number of nitrogens with zero attached hydrogens (tertiary/aromatic N) is 1. The maximum absolute atomic E-state index is 12.2. The Balaban J connectivity index is 1.58. The van der Waals surface area contributed by atoms with Gasteiger partial charge in [0.15, 0.2) is 0 Å². The highest BCUT2D eigenvalue weighted by Crippen LogP contribution is 2.19. The van der Waals surface area contributed by atoms with Crippen molar-refractivity contribution < 1.29 is 14.0 Å². The summed E-state index contributed by atoms with van der Waals surface area (Å²) >= 11 is 0. The number of carbonyl (C=O) groups is 2. The van der Waals surface area contributed by atoms with Gasteiger partial charge in [0.05, 0.1) is 12.5 Å². The fourth-order valence-corrected chi connectivity index (χ4v) is 2.83. The molecule has 3 amide bonds. The molecule has 0 aliphatic carbocycles. The summed E-state index contributed by atoms with van der Waals surface area (Å²) in [5.41, 5.74) is 6.09. The van der Waals surface area contributed by atoms with E-state index in [1.807, 2.05) is 30.3 Å². The van der Waals surface area contributed by atoms with E-state index in [2.05, 4.69) is 5.32 Å². The van der Waals surface area contributed by atoms with E-state index in [9.17, 15) is 9.59 Å². The molecule has 6 nitrogen and oxygen atoms in total. The number of carbonyl (C=O) groups excluding carboxylic acids is 2. The summed E-state index contributed by atoms with van der Waals surface area (Å²) in [6.07, 6.45) is 1.57. The molecule has 2 heterocycles. The van der Waals surface area contributed by atoms with E-state index in [-0.39, 0.29) is 11.8 Å². The molecule has 1 aromatic heterocycles. The van der Waals surface area contributed by atoms with Crippen LogP contribution in [0.2, 0.25) is 0 Å². The first-order valence-electron chi connectivity index (χ1n) is 7.43. The van der Waals surface area contributed by atoms with Crippen LogP contribution in [-0.4, -0.2) is 29.9 Å². The highest BCUT2D eigenvalue weighted by atomic mass is 16.3. The predicted molar refractivity (Wildman–Crippen MR) is 81.9 cm³/mol. The normalized spacial score (nSPS) is 18.4. The fourth-order valence-electron chi connectivity index (χ4n) is 2.83. The highest BCUT2D eigenvalue weighted by molar-refractivity contribution is 5.81. The van der Waals surface area contributed by atoms with E-state index >= 15 is 0 Å². The van der Waals surface area contributed by atoms with Crippen LogP contribution in [0.25, 0.3) is 11.0 Å². The van der Waals surface area contributed by atoms with Crippen molar-refractivity contribution in [3.05, 3.63) is 36.1 Å². The minimum absolute atomic E-state index is 0.0635. The molecule has 0 unspecified atom stereocenters. The Bertz CT molecular complexity index is 662. The zero-order chi connectivity index (χ0) is 15.5. The number of benzene rings is 1. The van der Waals surface area contributed by atoms with Gasteiger partial charge in [-0.05, 0) is 25.0 Å². The minimum Gasteiger partial charge on any atom is -0.459 e. The first kappa shape index (κ1) is 14.4. The van der Waals surface area contributed by atoms with Gasteiger partial charge in [-0.25, -0.2) is 4.79 Å². The number of likely N-dealkylation sites (tertiary alicyclic amines) is 1. The Morgan fingerprint density at radius 2 is 2.18 bits per heavy atom. The Morgan fingerprint density at radius 1 is 1.36 bits per heavy atom. The van der Waals surface area contributed by atoms with Crippen LogP contribution in [-0.2, 0) is 11.3 Å². The van der Waals surface area contributed by atoms with Gasteiger partial charge >= 0.3 is 6.03 Å². The number of fused-ring (bicyclic) bond motifs is 1. The summed E-state index contributed by atoms with van der Waals surface area (Å²) in [7, 11) is 0. The molecule has 6 heteroatoms. The standard InChI is InChI=1S/C16H19N3O3/c17-16(21)19-7-3-5-12(10-19)15(20)18-9-13-8-11-4-1-2-6-14(11)22-13/h1-2,4,6,8,12H,3,5,7,9-10H2,(H2,17,21)(H,18,20)/t12-/m1/s1. The van der Waals surface area contributed by atoms with Crippen LogP contribution in [0.1, 0.15) is 18.6 Å². The van der Waals surface area contributed by atoms with Gasteiger partial charge in [-0.2, -0.15) is 0 Å². The third kappa shape index (κ3) is 3.05.